The number of carboxylic acid groups (broad SMARTS) is 1. The van der Waals surface area contributed by atoms with Crippen molar-refractivity contribution in [2.45, 2.75) is 50.0 Å². The predicted molar refractivity (Wildman–Crippen MR) is 110 cm³/mol. The van der Waals surface area contributed by atoms with Gasteiger partial charge in [-0.3, -0.25) is 0 Å². The molecule has 0 aromatic heterocycles. The molecule has 8 heteroatoms. The van der Waals surface area contributed by atoms with Crippen molar-refractivity contribution in [1.29, 1.82) is 0 Å². The Kier molecular flexibility index (Phi) is 8.53. The van der Waals surface area contributed by atoms with E-state index in [1.165, 1.54) is 0 Å². The number of carboxylic acids is 1. The Hall–Kier alpha value is -2.33. The summed E-state index contributed by atoms with van der Waals surface area (Å²) in [4.78, 5) is 11.5. The third kappa shape index (κ3) is 6.83. The number of hydrogen-bond acceptors (Lipinski definition) is 7. The molecule has 0 unspecified atom stereocenters. The monoisotopic (exact) mass is 432 g/mol. The number of aliphatic carboxylic acids is 1. The second-order valence-electron chi connectivity index (χ2n) is 7.55. The van der Waals surface area contributed by atoms with Crippen LogP contribution in [0.1, 0.15) is 24.0 Å². The number of aliphatic hydroxyl groups excluding tert-OH is 1. The van der Waals surface area contributed by atoms with Gasteiger partial charge in [0.15, 0.2) is 5.60 Å². The topological polar surface area (TPSA) is 115 Å². The molecule has 1 aliphatic carbocycles. The molecule has 0 heterocycles. The fraction of sp³-hybridized carbons (Fsp3) is 0.435. The number of benzene rings is 2. The lowest BCUT2D eigenvalue weighted by molar-refractivity contribution is -0.237. The van der Waals surface area contributed by atoms with E-state index < -0.39 is 29.9 Å². The lowest BCUT2D eigenvalue weighted by atomic mass is 9.79. The molecule has 3 N–H and O–H groups in total. The number of aliphatic hydroxyl groups is 2. The molecular weight excluding hydrogens is 404 g/mol. The Bertz CT molecular complexity index is 800. The minimum absolute atomic E-state index is 0.118. The average Bonchev–Trinajstić information content (AvgIpc) is 2.77. The summed E-state index contributed by atoms with van der Waals surface area (Å²) in [5.41, 5.74) is -0.176. The van der Waals surface area contributed by atoms with Crippen LogP contribution in [0.3, 0.4) is 0 Å². The largest absolute Gasteiger partial charge is 0.479 e. The van der Waals surface area contributed by atoms with Gasteiger partial charge in [0, 0.05) is 12.8 Å². The molecule has 1 saturated carbocycles. The van der Waals surface area contributed by atoms with Crippen molar-refractivity contribution >= 4 is 5.97 Å². The van der Waals surface area contributed by atoms with Crippen molar-refractivity contribution in [3.8, 4) is 0 Å². The quantitative estimate of drug-likeness (QED) is 0.365. The number of hydrogen-bond donors (Lipinski definition) is 3. The summed E-state index contributed by atoms with van der Waals surface area (Å²) in [5.74, 6) is -1.41. The summed E-state index contributed by atoms with van der Waals surface area (Å²) in [6, 6.07) is 19.0. The third-order valence-electron chi connectivity index (χ3n) is 5.16. The van der Waals surface area contributed by atoms with Gasteiger partial charge in [-0.05, 0) is 11.1 Å². The Morgan fingerprint density at radius 1 is 0.871 bits per heavy atom. The molecule has 2 aromatic carbocycles. The van der Waals surface area contributed by atoms with Crippen molar-refractivity contribution in [1.82, 2.24) is 0 Å². The van der Waals surface area contributed by atoms with Crippen LogP contribution in [-0.4, -0.2) is 58.8 Å². The molecule has 0 saturated heterocycles. The molecule has 0 amide bonds. The van der Waals surface area contributed by atoms with E-state index in [1.807, 2.05) is 60.7 Å². The highest BCUT2D eigenvalue weighted by molar-refractivity contribution is 5.77. The summed E-state index contributed by atoms with van der Waals surface area (Å²) >= 11 is 0. The van der Waals surface area contributed by atoms with Gasteiger partial charge in [-0.25, -0.2) is 4.79 Å². The van der Waals surface area contributed by atoms with Crippen LogP contribution in [0.25, 0.3) is 0 Å². The van der Waals surface area contributed by atoms with E-state index in [1.54, 1.807) is 0 Å². The lowest BCUT2D eigenvalue weighted by Gasteiger charge is -2.41. The summed E-state index contributed by atoms with van der Waals surface area (Å²) in [6.07, 6.45) is -3.60. The van der Waals surface area contributed by atoms with E-state index in [0.717, 1.165) is 11.1 Å². The summed E-state index contributed by atoms with van der Waals surface area (Å²) in [5, 5.41) is 30.2. The number of rotatable bonds is 11. The van der Waals surface area contributed by atoms with Crippen LogP contribution in [-0.2, 0) is 37.0 Å². The van der Waals surface area contributed by atoms with Crippen molar-refractivity contribution in [2.75, 3.05) is 13.6 Å². The van der Waals surface area contributed by atoms with Crippen LogP contribution in [0.4, 0.5) is 0 Å². The zero-order valence-electron chi connectivity index (χ0n) is 17.1. The molecule has 0 bridgehead atoms. The standard InChI is InChI=1S/C23H28O8/c24-19-11-23(27,22(25)26)12-20(30-15-28-13-17-7-3-1-4-8-17)21(19)31-16-29-14-18-9-5-2-6-10-18/h1-10,19-21,24,27H,11-16H2,(H,25,26)/t19-,20-,21-,23+/m1/s1. The summed E-state index contributed by atoms with van der Waals surface area (Å²) in [7, 11) is 0. The molecule has 4 atom stereocenters. The molecule has 1 aliphatic rings. The second kappa shape index (κ2) is 11.3. The minimum Gasteiger partial charge on any atom is -0.479 e. The van der Waals surface area contributed by atoms with Gasteiger partial charge in [-0.1, -0.05) is 60.7 Å². The van der Waals surface area contributed by atoms with Gasteiger partial charge in [-0.15, -0.1) is 0 Å². The number of carbonyl (C=O) groups is 1. The van der Waals surface area contributed by atoms with E-state index in [4.69, 9.17) is 18.9 Å². The van der Waals surface area contributed by atoms with Gasteiger partial charge in [0.1, 0.15) is 19.7 Å². The normalized spacial score (nSPS) is 25.9. The highest BCUT2D eigenvalue weighted by Gasteiger charge is 2.50. The SMILES string of the molecule is O=C(O)[C@]1(O)C[C@@H](O)[C@@H](OCOCc2ccccc2)[C@H](OCOCc2ccccc2)C1. The molecule has 1 fully saturated rings. The average molecular weight is 432 g/mol. The van der Waals surface area contributed by atoms with Crippen LogP contribution < -0.4 is 0 Å². The highest BCUT2D eigenvalue weighted by atomic mass is 16.7. The molecule has 2 aromatic rings. The molecule has 0 aliphatic heterocycles. The molecular formula is C23H28O8. The summed E-state index contributed by atoms with van der Waals surface area (Å²) < 4.78 is 22.3. The Morgan fingerprint density at radius 2 is 1.39 bits per heavy atom. The van der Waals surface area contributed by atoms with Crippen LogP contribution >= 0.6 is 0 Å². The summed E-state index contributed by atoms with van der Waals surface area (Å²) in [6.45, 7) is 0.374. The maximum absolute atomic E-state index is 11.5. The van der Waals surface area contributed by atoms with E-state index >= 15 is 0 Å². The second-order valence-corrected chi connectivity index (χ2v) is 7.55. The smallest absolute Gasteiger partial charge is 0.335 e. The van der Waals surface area contributed by atoms with E-state index in [0.29, 0.717) is 13.2 Å². The Morgan fingerprint density at radius 3 is 1.90 bits per heavy atom. The zero-order valence-corrected chi connectivity index (χ0v) is 17.1. The van der Waals surface area contributed by atoms with Gasteiger partial charge in [-0.2, -0.15) is 0 Å². The molecule has 0 radical (unpaired) electrons. The van der Waals surface area contributed by atoms with Gasteiger partial charge < -0.3 is 34.3 Å². The van der Waals surface area contributed by atoms with Crippen LogP contribution in [0.5, 0.6) is 0 Å². The van der Waals surface area contributed by atoms with E-state index in [2.05, 4.69) is 0 Å². The van der Waals surface area contributed by atoms with Gasteiger partial charge >= 0.3 is 5.97 Å². The van der Waals surface area contributed by atoms with Gasteiger partial charge in [0.2, 0.25) is 0 Å². The Balaban J connectivity index is 1.53. The first-order chi connectivity index (χ1) is 15.0. The van der Waals surface area contributed by atoms with Gasteiger partial charge in [0.25, 0.3) is 0 Å². The first kappa shape index (κ1) is 23.3. The molecule has 0 spiro atoms. The van der Waals surface area contributed by atoms with Crippen molar-refractivity contribution < 1.29 is 39.1 Å². The lowest BCUT2D eigenvalue weighted by Crippen LogP contribution is -2.57. The van der Waals surface area contributed by atoms with Crippen molar-refractivity contribution in [3.05, 3.63) is 71.8 Å². The number of ether oxygens (including phenoxy) is 4. The minimum atomic E-state index is -2.10. The van der Waals surface area contributed by atoms with E-state index in [9.17, 15) is 20.1 Å². The van der Waals surface area contributed by atoms with Gasteiger partial charge in [0.05, 0.1) is 25.4 Å². The molecule has 8 nitrogen and oxygen atoms in total. The van der Waals surface area contributed by atoms with Crippen LogP contribution in [0.2, 0.25) is 0 Å². The third-order valence-corrected chi connectivity index (χ3v) is 5.16. The Labute approximate surface area is 180 Å². The first-order valence-electron chi connectivity index (χ1n) is 10.1. The molecule has 3 rings (SSSR count). The van der Waals surface area contributed by atoms with Crippen molar-refractivity contribution in [3.63, 3.8) is 0 Å². The fourth-order valence-electron chi connectivity index (χ4n) is 3.52. The first-order valence-corrected chi connectivity index (χ1v) is 10.1. The predicted octanol–water partition coefficient (Wildman–Crippen LogP) is 2.08. The van der Waals surface area contributed by atoms with E-state index in [-0.39, 0.29) is 26.4 Å². The molecule has 168 valence electrons. The maximum Gasteiger partial charge on any atom is 0.335 e. The fourth-order valence-corrected chi connectivity index (χ4v) is 3.52. The van der Waals surface area contributed by atoms with Crippen LogP contribution in [0.15, 0.2) is 60.7 Å². The maximum atomic E-state index is 11.5. The highest BCUT2D eigenvalue weighted by Crippen LogP contribution is 2.33. The zero-order chi connectivity index (χ0) is 22.1. The van der Waals surface area contributed by atoms with Crippen molar-refractivity contribution in [2.24, 2.45) is 0 Å². The van der Waals surface area contributed by atoms with Crippen LogP contribution in [0, 0.1) is 0 Å². The molecule has 31 heavy (non-hydrogen) atoms.